The van der Waals surface area contributed by atoms with E-state index in [2.05, 4.69) is 16.8 Å². The van der Waals surface area contributed by atoms with E-state index in [1.54, 1.807) is 17.3 Å². The van der Waals surface area contributed by atoms with Crippen molar-refractivity contribution < 1.29 is 9.59 Å². The van der Waals surface area contributed by atoms with Crippen LogP contribution in [0.15, 0.2) is 60.6 Å². The third kappa shape index (κ3) is 4.77. The first-order chi connectivity index (χ1) is 15.7. The number of hydrogen-bond acceptors (Lipinski definition) is 4. The van der Waals surface area contributed by atoms with Crippen LogP contribution < -0.4 is 0 Å². The van der Waals surface area contributed by atoms with Gasteiger partial charge in [-0.05, 0) is 49.4 Å². The lowest BCUT2D eigenvalue weighted by molar-refractivity contribution is -0.140. The van der Waals surface area contributed by atoms with Gasteiger partial charge in [-0.15, -0.1) is 0 Å². The third-order valence-electron chi connectivity index (χ3n) is 6.71. The second-order valence-corrected chi connectivity index (χ2v) is 8.75. The Kier molecular flexibility index (Phi) is 7.35. The first-order valence-corrected chi connectivity index (χ1v) is 12.0. The summed E-state index contributed by atoms with van der Waals surface area (Å²) >= 11 is 0. The first-order valence-electron chi connectivity index (χ1n) is 12.0. The van der Waals surface area contributed by atoms with Crippen molar-refractivity contribution in [2.24, 2.45) is 0 Å². The Bertz CT molecular complexity index is 947. The molecule has 0 spiro atoms. The summed E-state index contributed by atoms with van der Waals surface area (Å²) in [5.74, 6) is -0.236. The third-order valence-corrected chi connectivity index (χ3v) is 6.71. The van der Waals surface area contributed by atoms with Gasteiger partial charge in [0, 0.05) is 31.5 Å². The first kappa shape index (κ1) is 22.3. The molecule has 1 aliphatic carbocycles. The highest BCUT2D eigenvalue weighted by Gasteiger charge is 2.44. The topological polar surface area (TPSA) is 53.5 Å². The SMILES string of the molecule is CCN(CCc1ccncc1)C1=C(c2ccccc2)C(=O)N(C2CCCCCCC2)C1=O. The van der Waals surface area contributed by atoms with E-state index in [4.69, 9.17) is 0 Å². The van der Waals surface area contributed by atoms with Crippen LogP contribution in [0.1, 0.15) is 63.0 Å². The summed E-state index contributed by atoms with van der Waals surface area (Å²) in [4.78, 5) is 35.3. The number of hydrogen-bond donors (Lipinski definition) is 0. The van der Waals surface area contributed by atoms with Crippen molar-refractivity contribution in [3.8, 4) is 0 Å². The Hall–Kier alpha value is -2.95. The molecule has 1 saturated carbocycles. The Morgan fingerprint density at radius 3 is 2.22 bits per heavy atom. The number of rotatable bonds is 7. The smallest absolute Gasteiger partial charge is 0.278 e. The molecule has 32 heavy (non-hydrogen) atoms. The predicted molar refractivity (Wildman–Crippen MR) is 127 cm³/mol. The molecule has 1 fully saturated rings. The minimum atomic E-state index is -0.121. The number of benzene rings is 1. The van der Waals surface area contributed by atoms with E-state index in [9.17, 15) is 9.59 Å². The van der Waals surface area contributed by atoms with Crippen LogP contribution >= 0.6 is 0 Å². The van der Waals surface area contributed by atoms with Gasteiger partial charge >= 0.3 is 0 Å². The van der Waals surface area contributed by atoms with Gasteiger partial charge in [0.25, 0.3) is 11.8 Å². The molecular formula is C27H33N3O2. The number of pyridine rings is 1. The zero-order chi connectivity index (χ0) is 22.3. The highest BCUT2D eigenvalue weighted by Crippen LogP contribution is 2.35. The normalized spacial score (nSPS) is 18.1. The van der Waals surface area contributed by atoms with Gasteiger partial charge in [-0.1, -0.05) is 62.4 Å². The number of carbonyl (C=O) groups excluding carboxylic acids is 2. The zero-order valence-electron chi connectivity index (χ0n) is 19.0. The summed E-state index contributed by atoms with van der Waals surface area (Å²) in [6, 6.07) is 13.7. The fourth-order valence-electron chi connectivity index (χ4n) is 4.96. The lowest BCUT2D eigenvalue weighted by atomic mass is 9.95. The van der Waals surface area contributed by atoms with Gasteiger partial charge < -0.3 is 4.90 Å². The molecule has 0 N–H and O–H groups in total. The monoisotopic (exact) mass is 431 g/mol. The van der Waals surface area contributed by atoms with Gasteiger partial charge in [-0.3, -0.25) is 19.5 Å². The van der Waals surface area contributed by atoms with Gasteiger partial charge in [0.15, 0.2) is 0 Å². The van der Waals surface area contributed by atoms with Gasteiger partial charge in [0.1, 0.15) is 5.70 Å². The van der Waals surface area contributed by atoms with Crippen molar-refractivity contribution in [2.75, 3.05) is 13.1 Å². The minimum absolute atomic E-state index is 0.00501. The summed E-state index contributed by atoms with van der Waals surface area (Å²) in [5, 5.41) is 0. The number of carbonyl (C=O) groups is 2. The van der Waals surface area contributed by atoms with Crippen LogP contribution in [0.4, 0.5) is 0 Å². The quantitative estimate of drug-likeness (QED) is 0.589. The molecule has 2 amide bonds. The molecule has 2 aromatic rings. The fourth-order valence-corrected chi connectivity index (χ4v) is 4.96. The van der Waals surface area contributed by atoms with Crippen LogP contribution in [-0.4, -0.2) is 45.7 Å². The van der Waals surface area contributed by atoms with E-state index in [-0.39, 0.29) is 17.9 Å². The van der Waals surface area contributed by atoms with E-state index >= 15 is 0 Å². The molecule has 1 aromatic carbocycles. The van der Waals surface area contributed by atoms with E-state index in [1.807, 2.05) is 42.5 Å². The molecule has 4 rings (SSSR count). The predicted octanol–water partition coefficient (Wildman–Crippen LogP) is 4.84. The van der Waals surface area contributed by atoms with E-state index in [1.165, 1.54) is 24.8 Å². The van der Waals surface area contributed by atoms with Gasteiger partial charge in [-0.2, -0.15) is 0 Å². The van der Waals surface area contributed by atoms with Crippen molar-refractivity contribution in [3.63, 3.8) is 0 Å². The molecule has 168 valence electrons. The molecule has 2 aliphatic rings. The van der Waals surface area contributed by atoms with Crippen LogP contribution in [0.5, 0.6) is 0 Å². The molecule has 1 aliphatic heterocycles. The number of imide groups is 1. The second kappa shape index (κ2) is 10.6. The van der Waals surface area contributed by atoms with Crippen LogP contribution in [0.25, 0.3) is 5.57 Å². The maximum absolute atomic E-state index is 13.8. The van der Waals surface area contributed by atoms with Crippen LogP contribution in [-0.2, 0) is 16.0 Å². The minimum Gasteiger partial charge on any atom is -0.366 e. The second-order valence-electron chi connectivity index (χ2n) is 8.75. The molecule has 1 aromatic heterocycles. The summed E-state index contributed by atoms with van der Waals surface area (Å²) in [6.07, 6.45) is 12.0. The molecular weight excluding hydrogens is 398 g/mol. The zero-order valence-corrected chi connectivity index (χ0v) is 19.0. The Balaban J connectivity index is 1.66. The average Bonchev–Trinajstić information content (AvgIpc) is 3.06. The summed E-state index contributed by atoms with van der Waals surface area (Å²) < 4.78 is 0. The largest absolute Gasteiger partial charge is 0.366 e. The lowest BCUT2D eigenvalue weighted by Gasteiger charge is -2.30. The number of nitrogens with zero attached hydrogens (tertiary/aromatic N) is 3. The summed E-state index contributed by atoms with van der Waals surface area (Å²) in [7, 11) is 0. The maximum atomic E-state index is 13.8. The number of aromatic nitrogens is 1. The highest BCUT2D eigenvalue weighted by atomic mass is 16.2. The molecule has 0 radical (unpaired) electrons. The van der Waals surface area contributed by atoms with Gasteiger partial charge in [-0.25, -0.2) is 0 Å². The highest BCUT2D eigenvalue weighted by molar-refractivity contribution is 6.35. The van der Waals surface area contributed by atoms with Crippen molar-refractivity contribution in [2.45, 2.75) is 64.3 Å². The van der Waals surface area contributed by atoms with E-state index in [0.717, 1.165) is 37.7 Å². The fraction of sp³-hybridized carbons (Fsp3) is 0.444. The van der Waals surface area contributed by atoms with Crippen molar-refractivity contribution in [1.29, 1.82) is 0 Å². The summed E-state index contributed by atoms with van der Waals surface area (Å²) in [5.41, 5.74) is 3.14. The molecule has 0 unspecified atom stereocenters. The van der Waals surface area contributed by atoms with Gasteiger partial charge in [0.05, 0.1) is 5.57 Å². The maximum Gasteiger partial charge on any atom is 0.278 e. The van der Waals surface area contributed by atoms with E-state index < -0.39 is 0 Å². The van der Waals surface area contributed by atoms with Crippen LogP contribution in [0.3, 0.4) is 0 Å². The Morgan fingerprint density at radius 1 is 0.906 bits per heavy atom. The summed E-state index contributed by atoms with van der Waals surface area (Å²) in [6.45, 7) is 3.41. The number of amides is 2. The molecule has 2 heterocycles. The average molecular weight is 432 g/mol. The van der Waals surface area contributed by atoms with Crippen LogP contribution in [0, 0.1) is 0 Å². The standard InChI is InChI=1S/C27H33N3O2/c1-2-29(20-17-21-15-18-28-19-16-21)25-24(22-11-7-6-8-12-22)26(31)30(27(25)32)23-13-9-4-3-5-10-14-23/h6-8,11-12,15-16,18-19,23H,2-5,9-10,13-14,17,20H2,1H3. The lowest BCUT2D eigenvalue weighted by Crippen LogP contribution is -2.43. The van der Waals surface area contributed by atoms with Crippen molar-refractivity contribution in [1.82, 2.24) is 14.8 Å². The van der Waals surface area contributed by atoms with Crippen molar-refractivity contribution in [3.05, 3.63) is 71.7 Å². The molecule has 5 nitrogen and oxygen atoms in total. The van der Waals surface area contributed by atoms with Crippen molar-refractivity contribution >= 4 is 17.4 Å². The Morgan fingerprint density at radius 2 is 1.56 bits per heavy atom. The Labute approximate surface area is 191 Å². The number of likely N-dealkylation sites (N-methyl/N-ethyl adjacent to an activating group) is 1. The van der Waals surface area contributed by atoms with E-state index in [0.29, 0.717) is 24.4 Å². The molecule has 0 atom stereocenters. The molecule has 0 saturated heterocycles. The van der Waals surface area contributed by atoms with Crippen LogP contribution in [0.2, 0.25) is 0 Å². The molecule has 0 bridgehead atoms. The van der Waals surface area contributed by atoms with Gasteiger partial charge in [0.2, 0.25) is 0 Å². The molecule has 5 heteroatoms.